The van der Waals surface area contributed by atoms with Gasteiger partial charge < -0.3 is 9.84 Å². The SMILES string of the molecule is CCCOc1ccc(C(=O)C(Cc2cccs2)=C(C(=O)O)c2ccc3nsnc3c2)cc1. The summed E-state index contributed by atoms with van der Waals surface area (Å²) in [6.07, 6.45) is 1.11. The number of carboxylic acids is 1. The summed E-state index contributed by atoms with van der Waals surface area (Å²) in [5, 5.41) is 12.0. The minimum absolute atomic E-state index is 0.0235. The highest BCUT2D eigenvalue weighted by Gasteiger charge is 2.24. The van der Waals surface area contributed by atoms with Crippen LogP contribution in [-0.4, -0.2) is 32.2 Å². The van der Waals surface area contributed by atoms with E-state index in [9.17, 15) is 14.7 Å². The molecule has 0 fully saturated rings. The van der Waals surface area contributed by atoms with Crippen LogP contribution in [0.5, 0.6) is 5.75 Å². The fourth-order valence-corrected chi connectivity index (χ4v) is 4.56. The van der Waals surface area contributed by atoms with Crippen molar-refractivity contribution in [2.24, 2.45) is 0 Å². The van der Waals surface area contributed by atoms with Gasteiger partial charge in [0.2, 0.25) is 0 Å². The summed E-state index contributed by atoms with van der Waals surface area (Å²) in [6, 6.07) is 15.7. The maximum Gasteiger partial charge on any atom is 0.336 e. The molecule has 0 radical (unpaired) electrons. The Labute approximate surface area is 193 Å². The first kappa shape index (κ1) is 21.9. The molecule has 0 saturated carbocycles. The fourth-order valence-electron chi connectivity index (χ4n) is 3.33. The van der Waals surface area contributed by atoms with Gasteiger partial charge in [-0.25, -0.2) is 4.79 Å². The first-order valence-electron chi connectivity index (χ1n) is 10.1. The van der Waals surface area contributed by atoms with E-state index >= 15 is 0 Å². The van der Waals surface area contributed by atoms with Crippen LogP contribution >= 0.6 is 23.1 Å². The van der Waals surface area contributed by atoms with Gasteiger partial charge in [0.25, 0.3) is 0 Å². The molecule has 4 rings (SSSR count). The number of ether oxygens (including phenoxy) is 1. The summed E-state index contributed by atoms with van der Waals surface area (Å²) in [5.41, 5.74) is 2.34. The van der Waals surface area contributed by atoms with Crippen molar-refractivity contribution < 1.29 is 19.4 Å². The van der Waals surface area contributed by atoms with Crippen LogP contribution in [0.3, 0.4) is 0 Å². The average molecular weight is 465 g/mol. The van der Waals surface area contributed by atoms with Crippen LogP contribution in [0, 0.1) is 0 Å². The van der Waals surface area contributed by atoms with Crippen molar-refractivity contribution in [1.82, 2.24) is 8.75 Å². The lowest BCUT2D eigenvalue weighted by molar-refractivity contribution is -0.130. The molecule has 1 N–H and O–H groups in total. The second-order valence-corrected chi connectivity index (χ2v) is 8.65. The largest absolute Gasteiger partial charge is 0.494 e. The Morgan fingerprint density at radius 1 is 1.00 bits per heavy atom. The van der Waals surface area contributed by atoms with Gasteiger partial charge in [0.1, 0.15) is 16.8 Å². The first-order chi connectivity index (χ1) is 15.6. The summed E-state index contributed by atoms with van der Waals surface area (Å²) in [7, 11) is 0. The second kappa shape index (κ2) is 9.84. The molecule has 2 aromatic heterocycles. The van der Waals surface area contributed by atoms with Crippen LogP contribution in [0.15, 0.2) is 65.6 Å². The monoisotopic (exact) mass is 464 g/mol. The molecule has 4 aromatic rings. The lowest BCUT2D eigenvalue weighted by Crippen LogP contribution is -2.13. The van der Waals surface area contributed by atoms with Gasteiger partial charge >= 0.3 is 5.97 Å². The number of ketones is 1. The third kappa shape index (κ3) is 4.76. The van der Waals surface area contributed by atoms with Crippen LogP contribution in [-0.2, 0) is 11.2 Å². The number of hydrogen-bond donors (Lipinski definition) is 1. The van der Waals surface area contributed by atoms with Gasteiger partial charge in [-0.15, -0.1) is 11.3 Å². The van der Waals surface area contributed by atoms with Crippen LogP contribution in [0.2, 0.25) is 0 Å². The molecular formula is C24H20N2O4S2. The van der Waals surface area contributed by atoms with E-state index in [-0.39, 0.29) is 23.4 Å². The number of aromatic nitrogens is 2. The predicted octanol–water partition coefficient (Wildman–Crippen LogP) is 5.51. The van der Waals surface area contributed by atoms with Gasteiger partial charge in [0.15, 0.2) is 5.78 Å². The number of allylic oxidation sites excluding steroid dienone is 1. The van der Waals surface area contributed by atoms with E-state index in [0.29, 0.717) is 34.5 Å². The zero-order chi connectivity index (χ0) is 22.5. The average Bonchev–Trinajstić information content (AvgIpc) is 3.48. The second-order valence-electron chi connectivity index (χ2n) is 7.08. The van der Waals surface area contributed by atoms with E-state index in [1.807, 2.05) is 24.4 Å². The van der Waals surface area contributed by atoms with Crippen molar-refractivity contribution in [3.05, 3.63) is 81.6 Å². The Balaban J connectivity index is 1.80. The Morgan fingerprint density at radius 2 is 1.75 bits per heavy atom. The van der Waals surface area contributed by atoms with E-state index in [2.05, 4.69) is 8.75 Å². The highest BCUT2D eigenvalue weighted by Crippen LogP contribution is 2.29. The molecule has 0 atom stereocenters. The summed E-state index contributed by atoms with van der Waals surface area (Å²) < 4.78 is 14.0. The van der Waals surface area contributed by atoms with Gasteiger partial charge in [-0.1, -0.05) is 19.1 Å². The predicted molar refractivity (Wildman–Crippen MR) is 127 cm³/mol. The standard InChI is InChI=1S/C24H20N2O4S2/c1-2-11-30-17-8-5-15(6-9-17)23(27)19(14-18-4-3-12-31-18)22(24(28)29)16-7-10-20-21(13-16)26-32-25-20/h3-10,12-13H,2,11,14H2,1H3,(H,28,29). The molecule has 0 amide bonds. The number of hydrogen-bond acceptors (Lipinski definition) is 7. The highest BCUT2D eigenvalue weighted by molar-refractivity contribution is 7.09. The molecule has 0 unspecified atom stereocenters. The minimum atomic E-state index is -1.16. The zero-order valence-electron chi connectivity index (χ0n) is 17.3. The molecule has 0 saturated heterocycles. The van der Waals surface area contributed by atoms with E-state index < -0.39 is 5.97 Å². The summed E-state index contributed by atoms with van der Waals surface area (Å²) >= 11 is 2.55. The van der Waals surface area contributed by atoms with Crippen molar-refractivity contribution in [2.45, 2.75) is 19.8 Å². The quantitative estimate of drug-likeness (QED) is 0.260. The Morgan fingerprint density at radius 3 is 2.44 bits per heavy atom. The number of nitrogens with zero attached hydrogens (tertiary/aromatic N) is 2. The number of rotatable bonds is 9. The molecule has 32 heavy (non-hydrogen) atoms. The third-order valence-electron chi connectivity index (χ3n) is 4.85. The van der Waals surface area contributed by atoms with E-state index in [1.165, 1.54) is 11.3 Å². The van der Waals surface area contributed by atoms with Gasteiger partial charge in [-0.3, -0.25) is 4.79 Å². The molecule has 8 heteroatoms. The molecule has 0 aliphatic heterocycles. The Kier molecular flexibility index (Phi) is 6.72. The third-order valence-corrected chi connectivity index (χ3v) is 6.29. The van der Waals surface area contributed by atoms with Gasteiger partial charge in [-0.2, -0.15) is 8.75 Å². The number of fused-ring (bicyclic) bond motifs is 1. The number of carboxylic acid groups (broad SMARTS) is 1. The minimum Gasteiger partial charge on any atom is -0.494 e. The van der Waals surface area contributed by atoms with Gasteiger partial charge in [0, 0.05) is 22.4 Å². The van der Waals surface area contributed by atoms with Gasteiger partial charge in [-0.05, 0) is 59.8 Å². The molecular weight excluding hydrogens is 444 g/mol. The number of aliphatic carboxylic acids is 1. The maximum atomic E-state index is 13.5. The van der Waals surface area contributed by atoms with Crippen molar-refractivity contribution in [2.75, 3.05) is 6.61 Å². The van der Waals surface area contributed by atoms with E-state index in [4.69, 9.17) is 4.74 Å². The molecule has 0 bridgehead atoms. The number of carbonyl (C=O) groups excluding carboxylic acids is 1. The van der Waals surface area contributed by atoms with Crippen LogP contribution in [0.4, 0.5) is 0 Å². The number of benzene rings is 2. The van der Waals surface area contributed by atoms with Crippen molar-refractivity contribution in [3.8, 4) is 5.75 Å². The molecule has 2 aromatic carbocycles. The van der Waals surface area contributed by atoms with Crippen LogP contribution < -0.4 is 4.74 Å². The van der Waals surface area contributed by atoms with E-state index in [1.54, 1.807) is 42.5 Å². The number of thiophene rings is 1. The molecule has 6 nitrogen and oxygen atoms in total. The molecule has 2 heterocycles. The number of Topliss-reactive ketones (excluding diaryl/α,β-unsaturated/α-hetero) is 1. The normalized spacial score (nSPS) is 11.9. The lowest BCUT2D eigenvalue weighted by atomic mass is 9.91. The summed E-state index contributed by atoms with van der Waals surface area (Å²) in [4.78, 5) is 26.8. The number of carbonyl (C=O) groups is 2. The Hall–Kier alpha value is -3.36. The molecule has 162 valence electrons. The fraction of sp³-hybridized carbons (Fsp3) is 0.167. The van der Waals surface area contributed by atoms with Crippen LogP contribution in [0.1, 0.15) is 34.1 Å². The summed E-state index contributed by atoms with van der Waals surface area (Å²) in [5.74, 6) is -0.809. The van der Waals surface area contributed by atoms with Gasteiger partial charge in [0.05, 0.1) is 23.9 Å². The smallest absolute Gasteiger partial charge is 0.336 e. The van der Waals surface area contributed by atoms with Crippen molar-refractivity contribution >= 4 is 51.4 Å². The van der Waals surface area contributed by atoms with Crippen molar-refractivity contribution in [1.29, 1.82) is 0 Å². The van der Waals surface area contributed by atoms with Crippen LogP contribution in [0.25, 0.3) is 16.6 Å². The summed E-state index contributed by atoms with van der Waals surface area (Å²) in [6.45, 7) is 2.61. The lowest BCUT2D eigenvalue weighted by Gasteiger charge is -2.13. The highest BCUT2D eigenvalue weighted by atomic mass is 32.1. The molecule has 0 spiro atoms. The van der Waals surface area contributed by atoms with Crippen molar-refractivity contribution in [3.63, 3.8) is 0 Å². The molecule has 0 aliphatic rings. The Bertz CT molecular complexity index is 1280. The zero-order valence-corrected chi connectivity index (χ0v) is 18.9. The van der Waals surface area contributed by atoms with E-state index in [0.717, 1.165) is 23.0 Å². The molecule has 0 aliphatic carbocycles. The topological polar surface area (TPSA) is 89.4 Å². The maximum absolute atomic E-state index is 13.5. The first-order valence-corrected chi connectivity index (χ1v) is 11.7.